The summed E-state index contributed by atoms with van der Waals surface area (Å²) in [5.41, 5.74) is 9.42. The van der Waals surface area contributed by atoms with Crippen LogP contribution in [0.5, 0.6) is 0 Å². The molecule has 0 amide bonds. The molecule has 1 aromatic heterocycles. The van der Waals surface area contributed by atoms with Crippen LogP contribution in [-0.2, 0) is 17.8 Å². The maximum absolute atomic E-state index is 6.36. The molecule has 0 atom stereocenters. The van der Waals surface area contributed by atoms with Crippen molar-refractivity contribution in [1.29, 1.82) is 0 Å². The van der Waals surface area contributed by atoms with E-state index in [9.17, 15) is 0 Å². The first-order chi connectivity index (χ1) is 10.1. The summed E-state index contributed by atoms with van der Waals surface area (Å²) in [4.78, 5) is 4.79. The smallest absolute Gasteiger partial charge is 0.131 e. The molecule has 0 bridgehead atoms. The van der Waals surface area contributed by atoms with Gasteiger partial charge in [0.05, 0.1) is 6.61 Å². The lowest BCUT2D eigenvalue weighted by Crippen LogP contribution is -2.09. The number of ether oxygens (including phenoxy) is 1. The average Bonchev–Trinajstić information content (AvgIpc) is 2.77. The first-order valence-corrected chi connectivity index (χ1v) is 7.53. The van der Waals surface area contributed by atoms with Crippen LogP contribution in [0.2, 0.25) is 0 Å². The number of hydrogen-bond acceptors (Lipinski definition) is 3. The highest BCUT2D eigenvalue weighted by Gasteiger charge is 2.17. The van der Waals surface area contributed by atoms with Gasteiger partial charge in [-0.15, -0.1) is 0 Å². The Morgan fingerprint density at radius 3 is 2.71 bits per heavy atom. The van der Waals surface area contributed by atoms with Gasteiger partial charge >= 0.3 is 0 Å². The van der Waals surface area contributed by atoms with Gasteiger partial charge in [0.1, 0.15) is 17.3 Å². The van der Waals surface area contributed by atoms with Crippen molar-refractivity contribution in [3.63, 3.8) is 0 Å². The van der Waals surface area contributed by atoms with Crippen molar-refractivity contribution < 1.29 is 4.74 Å². The number of nitrogen functional groups attached to an aromatic ring is 1. The highest BCUT2D eigenvalue weighted by atomic mass is 16.5. The molecule has 0 saturated carbocycles. The Labute approximate surface area is 127 Å². The van der Waals surface area contributed by atoms with Crippen LogP contribution in [0.15, 0.2) is 24.3 Å². The lowest BCUT2D eigenvalue weighted by atomic mass is 10.1. The van der Waals surface area contributed by atoms with Crippen molar-refractivity contribution in [2.45, 2.75) is 46.3 Å². The maximum atomic E-state index is 6.36. The van der Waals surface area contributed by atoms with E-state index < -0.39 is 0 Å². The van der Waals surface area contributed by atoms with E-state index in [1.807, 2.05) is 6.07 Å². The highest BCUT2D eigenvalue weighted by Crippen LogP contribution is 2.30. The third-order valence-corrected chi connectivity index (χ3v) is 3.52. The molecule has 114 valence electrons. The Kier molecular flexibility index (Phi) is 5.02. The van der Waals surface area contributed by atoms with E-state index in [1.54, 1.807) is 7.11 Å². The lowest BCUT2D eigenvalue weighted by Gasteiger charge is -2.13. The van der Waals surface area contributed by atoms with E-state index in [0.717, 1.165) is 41.3 Å². The Morgan fingerprint density at radius 1 is 1.33 bits per heavy atom. The van der Waals surface area contributed by atoms with Crippen molar-refractivity contribution in [3.8, 4) is 11.3 Å². The quantitative estimate of drug-likeness (QED) is 0.879. The number of aryl methyl sites for hydroxylation is 1. The fourth-order valence-electron chi connectivity index (χ4n) is 2.66. The first-order valence-electron chi connectivity index (χ1n) is 7.53. The average molecular weight is 287 g/mol. The first kappa shape index (κ1) is 15.6. The minimum absolute atomic E-state index is 0.315. The summed E-state index contributed by atoms with van der Waals surface area (Å²) < 4.78 is 7.34. The molecule has 4 heteroatoms. The second-order valence-corrected chi connectivity index (χ2v) is 5.61. The topological polar surface area (TPSA) is 53.1 Å². The van der Waals surface area contributed by atoms with Crippen molar-refractivity contribution in [2.24, 2.45) is 0 Å². The monoisotopic (exact) mass is 287 g/mol. The van der Waals surface area contributed by atoms with Crippen LogP contribution in [0, 0.1) is 0 Å². The number of nitrogens with zero attached hydrogens (tertiary/aromatic N) is 2. The van der Waals surface area contributed by atoms with E-state index in [0.29, 0.717) is 12.6 Å². The van der Waals surface area contributed by atoms with Crippen LogP contribution >= 0.6 is 0 Å². The van der Waals surface area contributed by atoms with Crippen LogP contribution in [0.4, 0.5) is 5.82 Å². The van der Waals surface area contributed by atoms with E-state index in [4.69, 9.17) is 15.5 Å². The van der Waals surface area contributed by atoms with Gasteiger partial charge in [0.15, 0.2) is 0 Å². The van der Waals surface area contributed by atoms with Gasteiger partial charge in [-0.2, -0.15) is 0 Å². The van der Waals surface area contributed by atoms with Gasteiger partial charge in [0.2, 0.25) is 0 Å². The molecule has 0 aliphatic rings. The summed E-state index contributed by atoms with van der Waals surface area (Å²) >= 11 is 0. The second-order valence-electron chi connectivity index (χ2n) is 5.61. The fraction of sp³-hybridized carbons (Fsp3) is 0.471. The minimum Gasteiger partial charge on any atom is -0.383 e. The summed E-state index contributed by atoms with van der Waals surface area (Å²) in [5.74, 6) is 1.82. The molecule has 1 heterocycles. The zero-order chi connectivity index (χ0) is 15.4. The molecular formula is C17H25N3O. The number of rotatable bonds is 6. The molecule has 0 radical (unpaired) electrons. The van der Waals surface area contributed by atoms with Crippen LogP contribution < -0.4 is 5.73 Å². The summed E-state index contributed by atoms with van der Waals surface area (Å²) in [5, 5.41) is 0. The molecule has 2 N–H and O–H groups in total. The number of imidazole rings is 1. The zero-order valence-electron chi connectivity index (χ0n) is 13.4. The number of nitrogens with two attached hydrogens (primary N) is 1. The Bertz CT molecular complexity index is 602. The molecule has 0 spiro atoms. The van der Waals surface area contributed by atoms with Gasteiger partial charge in [0.25, 0.3) is 0 Å². The van der Waals surface area contributed by atoms with Crippen LogP contribution in [-0.4, -0.2) is 16.7 Å². The highest BCUT2D eigenvalue weighted by molar-refractivity contribution is 5.71. The third kappa shape index (κ3) is 3.27. The van der Waals surface area contributed by atoms with Crippen molar-refractivity contribution >= 4 is 5.82 Å². The predicted octanol–water partition coefficient (Wildman–Crippen LogP) is 3.81. The zero-order valence-corrected chi connectivity index (χ0v) is 13.4. The molecule has 2 aromatic rings. The molecule has 0 unspecified atom stereocenters. The summed E-state index contributed by atoms with van der Waals surface area (Å²) in [6.07, 6.45) is 2.01. The standard InChI is InChI=1S/C17H25N3O/c1-5-7-15-19-16(17(18)20(15)12(2)3)14-9-6-8-13(10-14)11-21-4/h6,8-10,12H,5,7,11,18H2,1-4H3. The number of anilines is 1. The number of benzene rings is 1. The van der Waals surface area contributed by atoms with E-state index in [-0.39, 0.29) is 0 Å². The van der Waals surface area contributed by atoms with Crippen LogP contribution in [0.1, 0.15) is 44.6 Å². The number of hydrogen-bond donors (Lipinski definition) is 1. The van der Waals surface area contributed by atoms with Gasteiger partial charge in [-0.05, 0) is 31.9 Å². The van der Waals surface area contributed by atoms with Crippen LogP contribution in [0.25, 0.3) is 11.3 Å². The molecule has 0 aliphatic heterocycles. The van der Waals surface area contributed by atoms with E-state index in [2.05, 4.69) is 43.5 Å². The lowest BCUT2D eigenvalue weighted by molar-refractivity contribution is 0.185. The van der Waals surface area contributed by atoms with Gasteiger partial charge in [-0.3, -0.25) is 0 Å². The Hall–Kier alpha value is -1.81. The summed E-state index contributed by atoms with van der Waals surface area (Å²) in [6.45, 7) is 7.04. The number of aromatic nitrogens is 2. The maximum Gasteiger partial charge on any atom is 0.131 e. The number of methoxy groups -OCH3 is 1. The second kappa shape index (κ2) is 6.76. The van der Waals surface area contributed by atoms with Gasteiger partial charge in [-0.25, -0.2) is 4.98 Å². The molecule has 0 fully saturated rings. The summed E-state index contributed by atoms with van der Waals surface area (Å²) in [6, 6.07) is 8.54. The Balaban J connectivity index is 2.48. The third-order valence-electron chi connectivity index (χ3n) is 3.52. The predicted molar refractivity (Wildman–Crippen MR) is 87.2 cm³/mol. The van der Waals surface area contributed by atoms with E-state index >= 15 is 0 Å². The molecule has 0 aliphatic carbocycles. The van der Waals surface area contributed by atoms with Crippen molar-refractivity contribution in [1.82, 2.24) is 9.55 Å². The van der Waals surface area contributed by atoms with Crippen molar-refractivity contribution in [3.05, 3.63) is 35.7 Å². The summed E-state index contributed by atoms with van der Waals surface area (Å²) in [7, 11) is 1.70. The van der Waals surface area contributed by atoms with Gasteiger partial charge in [-0.1, -0.05) is 25.1 Å². The normalized spacial score (nSPS) is 11.3. The largest absolute Gasteiger partial charge is 0.383 e. The minimum atomic E-state index is 0.315. The Morgan fingerprint density at radius 2 is 2.10 bits per heavy atom. The molecule has 0 saturated heterocycles. The fourth-order valence-corrected chi connectivity index (χ4v) is 2.66. The SMILES string of the molecule is CCCc1nc(-c2cccc(COC)c2)c(N)n1C(C)C. The van der Waals surface area contributed by atoms with Crippen molar-refractivity contribution in [2.75, 3.05) is 12.8 Å². The molecule has 1 aromatic carbocycles. The van der Waals surface area contributed by atoms with Gasteiger partial charge < -0.3 is 15.0 Å². The molecule has 2 rings (SSSR count). The van der Waals surface area contributed by atoms with Crippen LogP contribution in [0.3, 0.4) is 0 Å². The molecule has 21 heavy (non-hydrogen) atoms. The van der Waals surface area contributed by atoms with Gasteiger partial charge in [0, 0.05) is 25.1 Å². The molecular weight excluding hydrogens is 262 g/mol. The molecule has 4 nitrogen and oxygen atoms in total. The van der Waals surface area contributed by atoms with E-state index in [1.165, 1.54) is 0 Å².